The van der Waals surface area contributed by atoms with Crippen LogP contribution in [0.15, 0.2) is 59.1 Å². The lowest BCUT2D eigenvalue weighted by Crippen LogP contribution is -2.43. The Labute approximate surface area is 205 Å². The number of aliphatic imine (C=N–C) groups is 1. The van der Waals surface area contributed by atoms with Gasteiger partial charge in [0.2, 0.25) is 14.2 Å². The zero-order chi connectivity index (χ0) is 23.7. The standard InChI is InChI=1S/C30H37NO2Si/c1-30(2,3)34(4,5)33-24-12-10-21(11-13-24)29-31-28(25-8-6-7-9-26(25)32-29)27-22-15-19-14-20(17-22)18-23(27)16-19/h6-13,19-20,22-23H,14-18H2,1-5H3. The van der Waals surface area contributed by atoms with Crippen molar-refractivity contribution in [3.63, 3.8) is 0 Å². The van der Waals surface area contributed by atoms with Crippen LogP contribution in [0.2, 0.25) is 18.1 Å². The summed E-state index contributed by atoms with van der Waals surface area (Å²) >= 11 is 0. The number of ether oxygens (including phenoxy) is 1. The van der Waals surface area contributed by atoms with Crippen molar-refractivity contribution in [2.24, 2.45) is 28.7 Å². The van der Waals surface area contributed by atoms with E-state index in [9.17, 15) is 0 Å². The minimum absolute atomic E-state index is 0.172. The molecule has 0 amide bonds. The first-order valence-electron chi connectivity index (χ1n) is 13.1. The Hall–Kier alpha value is -2.33. The van der Waals surface area contributed by atoms with Crippen LogP contribution in [0.1, 0.15) is 64.0 Å². The van der Waals surface area contributed by atoms with Gasteiger partial charge < -0.3 is 9.16 Å². The lowest BCUT2D eigenvalue weighted by Gasteiger charge is -2.52. The molecule has 4 saturated carbocycles. The molecule has 3 nitrogen and oxygen atoms in total. The quantitative estimate of drug-likeness (QED) is 0.424. The second-order valence-corrected chi connectivity index (χ2v) is 17.2. The zero-order valence-corrected chi connectivity index (χ0v) is 22.2. The van der Waals surface area contributed by atoms with Gasteiger partial charge in [0.25, 0.3) is 0 Å². The van der Waals surface area contributed by atoms with Crippen LogP contribution < -0.4 is 9.16 Å². The molecule has 34 heavy (non-hydrogen) atoms. The molecule has 1 aliphatic heterocycles. The van der Waals surface area contributed by atoms with E-state index >= 15 is 0 Å². The first-order chi connectivity index (χ1) is 16.2. The average molecular weight is 472 g/mol. The zero-order valence-electron chi connectivity index (χ0n) is 21.2. The molecule has 0 unspecified atom stereocenters. The van der Waals surface area contributed by atoms with Crippen molar-refractivity contribution in [2.75, 3.05) is 0 Å². The fourth-order valence-corrected chi connectivity index (χ4v) is 7.61. The minimum Gasteiger partial charge on any atom is -0.544 e. The molecule has 7 rings (SSSR count). The monoisotopic (exact) mass is 471 g/mol. The topological polar surface area (TPSA) is 30.8 Å². The molecule has 4 aliphatic carbocycles. The fourth-order valence-electron chi connectivity index (χ4n) is 6.58. The van der Waals surface area contributed by atoms with Crippen molar-refractivity contribution in [3.8, 4) is 11.5 Å². The first kappa shape index (κ1) is 22.2. The van der Waals surface area contributed by atoms with Crippen LogP contribution >= 0.6 is 0 Å². The van der Waals surface area contributed by atoms with Crippen LogP contribution in [0.5, 0.6) is 11.5 Å². The van der Waals surface area contributed by atoms with Gasteiger partial charge in [-0.2, -0.15) is 0 Å². The highest BCUT2D eigenvalue weighted by Gasteiger charge is 2.47. The predicted molar refractivity (Wildman–Crippen MR) is 142 cm³/mol. The summed E-state index contributed by atoms with van der Waals surface area (Å²) in [6, 6.07) is 16.8. The van der Waals surface area contributed by atoms with E-state index in [-0.39, 0.29) is 5.04 Å². The molecular formula is C30H37NO2Si. The molecule has 2 aromatic carbocycles. The summed E-state index contributed by atoms with van der Waals surface area (Å²) in [5.74, 6) is 5.90. The van der Waals surface area contributed by atoms with Crippen molar-refractivity contribution in [2.45, 2.75) is 71.0 Å². The van der Waals surface area contributed by atoms with E-state index in [2.05, 4.69) is 82.4 Å². The molecule has 0 saturated heterocycles. The number of rotatable bonds is 3. The van der Waals surface area contributed by atoms with Gasteiger partial charge in [-0.25, -0.2) is 4.99 Å². The molecule has 0 aromatic heterocycles. The third-order valence-corrected chi connectivity index (χ3v) is 13.5. The average Bonchev–Trinajstić information content (AvgIpc) is 2.78. The Balaban J connectivity index is 1.36. The number of benzene rings is 2. The highest BCUT2D eigenvalue weighted by Crippen LogP contribution is 2.58. The summed E-state index contributed by atoms with van der Waals surface area (Å²) in [4.78, 5) is 5.22. The molecular weight excluding hydrogens is 434 g/mol. The van der Waals surface area contributed by atoms with E-state index in [0.717, 1.165) is 28.9 Å². The lowest BCUT2D eigenvalue weighted by atomic mass is 9.53. The summed E-state index contributed by atoms with van der Waals surface area (Å²) in [6.07, 6.45) is 6.91. The van der Waals surface area contributed by atoms with E-state index in [1.165, 1.54) is 43.4 Å². The Kier molecular flexibility index (Phi) is 5.11. The van der Waals surface area contributed by atoms with Crippen LogP contribution in [0.4, 0.5) is 0 Å². The maximum Gasteiger partial charge on any atom is 0.250 e. The predicted octanol–water partition coefficient (Wildman–Crippen LogP) is 8.08. The molecule has 2 aromatic rings. The number of hydrogen-bond donors (Lipinski definition) is 0. The Morgan fingerprint density at radius 3 is 2.09 bits per heavy atom. The lowest BCUT2D eigenvalue weighted by molar-refractivity contribution is 0.0703. The van der Waals surface area contributed by atoms with Crippen molar-refractivity contribution >= 4 is 19.9 Å². The van der Waals surface area contributed by atoms with Crippen LogP contribution in [0.25, 0.3) is 5.70 Å². The Bertz CT molecular complexity index is 1140. The molecule has 0 atom stereocenters. The molecule has 4 fully saturated rings. The highest BCUT2D eigenvalue weighted by molar-refractivity contribution is 6.74. The normalized spacial score (nSPS) is 27.9. The Morgan fingerprint density at radius 1 is 0.853 bits per heavy atom. The molecule has 5 aliphatic rings. The van der Waals surface area contributed by atoms with Gasteiger partial charge in [0.15, 0.2) is 0 Å². The van der Waals surface area contributed by atoms with E-state index < -0.39 is 8.32 Å². The molecule has 0 N–H and O–H groups in total. The van der Waals surface area contributed by atoms with Gasteiger partial charge >= 0.3 is 0 Å². The number of hydrogen-bond acceptors (Lipinski definition) is 3. The molecule has 0 spiro atoms. The maximum atomic E-state index is 6.49. The van der Waals surface area contributed by atoms with Crippen molar-refractivity contribution in [3.05, 3.63) is 65.2 Å². The third-order valence-electron chi connectivity index (χ3n) is 9.13. The number of allylic oxidation sites excluding steroid dienone is 1. The van der Waals surface area contributed by atoms with Crippen LogP contribution in [0.3, 0.4) is 0 Å². The van der Waals surface area contributed by atoms with Gasteiger partial charge in [-0.05, 0) is 116 Å². The minimum atomic E-state index is -1.87. The van der Waals surface area contributed by atoms with E-state index in [0.29, 0.717) is 17.7 Å². The van der Waals surface area contributed by atoms with Gasteiger partial charge in [0.05, 0.1) is 5.70 Å². The Morgan fingerprint density at radius 2 is 1.47 bits per heavy atom. The fraction of sp³-hybridized carbons (Fsp3) is 0.500. The summed E-state index contributed by atoms with van der Waals surface area (Å²) in [5, 5.41) is 0.172. The largest absolute Gasteiger partial charge is 0.544 e. The maximum absolute atomic E-state index is 6.49. The smallest absolute Gasteiger partial charge is 0.250 e. The summed E-state index contributed by atoms with van der Waals surface area (Å²) in [7, 11) is -1.87. The highest BCUT2D eigenvalue weighted by atomic mass is 28.4. The molecule has 178 valence electrons. The second kappa shape index (κ2) is 7.84. The second-order valence-electron chi connectivity index (χ2n) is 12.5. The van der Waals surface area contributed by atoms with Gasteiger partial charge in [0.1, 0.15) is 11.5 Å². The summed E-state index contributed by atoms with van der Waals surface area (Å²) < 4.78 is 12.9. The molecule has 4 bridgehead atoms. The molecule has 0 radical (unpaired) electrons. The summed E-state index contributed by atoms with van der Waals surface area (Å²) in [5.41, 5.74) is 5.01. The van der Waals surface area contributed by atoms with Gasteiger partial charge in [0, 0.05) is 11.1 Å². The van der Waals surface area contributed by atoms with Gasteiger partial charge in [-0.3, -0.25) is 0 Å². The number of fused-ring (bicyclic) bond motifs is 1. The van der Waals surface area contributed by atoms with Crippen LogP contribution in [0, 0.1) is 23.7 Å². The molecule has 4 heteroatoms. The van der Waals surface area contributed by atoms with Crippen molar-refractivity contribution < 1.29 is 9.16 Å². The van der Waals surface area contributed by atoms with Crippen molar-refractivity contribution in [1.29, 1.82) is 0 Å². The summed E-state index contributed by atoms with van der Waals surface area (Å²) in [6.45, 7) is 11.4. The van der Waals surface area contributed by atoms with Crippen LogP contribution in [-0.4, -0.2) is 14.2 Å². The van der Waals surface area contributed by atoms with E-state index in [1.807, 2.05) is 0 Å². The van der Waals surface area contributed by atoms with E-state index in [4.69, 9.17) is 14.2 Å². The van der Waals surface area contributed by atoms with Gasteiger partial charge in [-0.15, -0.1) is 0 Å². The van der Waals surface area contributed by atoms with Crippen LogP contribution in [-0.2, 0) is 0 Å². The first-order valence-corrected chi connectivity index (χ1v) is 16.0. The number of para-hydroxylation sites is 1. The number of nitrogens with zero attached hydrogens (tertiary/aromatic N) is 1. The molecule has 1 heterocycles. The SMILES string of the molecule is CC(C)(C)[Si](C)(C)Oc1ccc(C2=NC(=C3C4CC5CC(C4)CC3C5)c3ccccc3O2)cc1. The third kappa shape index (κ3) is 3.75. The van der Waals surface area contributed by atoms with Gasteiger partial charge in [-0.1, -0.05) is 32.9 Å². The van der Waals surface area contributed by atoms with Crippen molar-refractivity contribution in [1.82, 2.24) is 0 Å². The van der Waals surface area contributed by atoms with E-state index in [1.54, 1.807) is 5.57 Å².